The predicted octanol–water partition coefficient (Wildman–Crippen LogP) is -0.764. The average Bonchev–Trinajstić information content (AvgIpc) is 2.48. The minimum absolute atomic E-state index is 0.0861. The van der Waals surface area contributed by atoms with E-state index in [1.54, 1.807) is 6.92 Å². The summed E-state index contributed by atoms with van der Waals surface area (Å²) >= 11 is 0. The van der Waals surface area contributed by atoms with E-state index in [0.29, 0.717) is 6.54 Å². The molecule has 2 amide bonds. The van der Waals surface area contributed by atoms with Gasteiger partial charge in [-0.25, -0.2) is 9.59 Å². The van der Waals surface area contributed by atoms with Gasteiger partial charge in [0, 0.05) is 19.5 Å². The van der Waals surface area contributed by atoms with Crippen molar-refractivity contribution in [2.75, 3.05) is 13.1 Å². The highest BCUT2D eigenvalue weighted by atomic mass is 16.4. The first-order valence-electron chi connectivity index (χ1n) is 4.51. The van der Waals surface area contributed by atoms with Crippen molar-refractivity contribution in [1.29, 1.82) is 0 Å². The van der Waals surface area contributed by atoms with E-state index in [0.717, 1.165) is 4.90 Å². The number of carboxylic acid groups (broad SMARTS) is 1. The Morgan fingerprint density at radius 3 is 2.71 bits per heavy atom. The van der Waals surface area contributed by atoms with Crippen LogP contribution in [0.5, 0.6) is 0 Å². The zero-order valence-electron chi connectivity index (χ0n) is 7.93. The standard InChI is InChI=1S/C8H14N2O4/c1-2-9-8(14)10-4-5(11)3-6(10)7(12)13/h5-6,11H,2-4H2,1H3,(H,9,14)(H,12,13)/t5?,6-/m0/s1. The van der Waals surface area contributed by atoms with Crippen LogP contribution < -0.4 is 5.32 Å². The molecule has 0 aliphatic carbocycles. The summed E-state index contributed by atoms with van der Waals surface area (Å²) in [6.07, 6.45) is -0.634. The Morgan fingerprint density at radius 1 is 1.57 bits per heavy atom. The molecule has 2 atom stereocenters. The van der Waals surface area contributed by atoms with Crippen LogP contribution in [0.2, 0.25) is 0 Å². The lowest BCUT2D eigenvalue weighted by molar-refractivity contribution is -0.141. The first kappa shape index (κ1) is 10.8. The average molecular weight is 202 g/mol. The molecule has 14 heavy (non-hydrogen) atoms. The van der Waals surface area contributed by atoms with Crippen molar-refractivity contribution in [2.45, 2.75) is 25.5 Å². The van der Waals surface area contributed by atoms with Gasteiger partial charge in [0.05, 0.1) is 6.10 Å². The Kier molecular flexibility index (Phi) is 3.29. The summed E-state index contributed by atoms with van der Waals surface area (Å²) in [5.41, 5.74) is 0. The van der Waals surface area contributed by atoms with Crippen LogP contribution in [0.15, 0.2) is 0 Å². The predicted molar refractivity (Wildman–Crippen MR) is 47.8 cm³/mol. The molecule has 1 saturated heterocycles. The van der Waals surface area contributed by atoms with Crippen LogP contribution in [0.3, 0.4) is 0 Å². The van der Waals surface area contributed by atoms with Gasteiger partial charge < -0.3 is 20.4 Å². The van der Waals surface area contributed by atoms with Crippen molar-refractivity contribution in [3.8, 4) is 0 Å². The van der Waals surface area contributed by atoms with Crippen LogP contribution in [-0.4, -0.2) is 52.3 Å². The lowest BCUT2D eigenvalue weighted by Crippen LogP contribution is -2.46. The Hall–Kier alpha value is -1.30. The number of nitrogens with zero attached hydrogens (tertiary/aromatic N) is 1. The summed E-state index contributed by atoms with van der Waals surface area (Å²) in [5.74, 6) is -1.08. The fourth-order valence-corrected chi connectivity index (χ4v) is 1.53. The quantitative estimate of drug-likeness (QED) is 0.548. The number of nitrogens with one attached hydrogen (secondary N) is 1. The van der Waals surface area contributed by atoms with Gasteiger partial charge in [0.1, 0.15) is 6.04 Å². The molecule has 1 fully saturated rings. The Morgan fingerprint density at radius 2 is 2.21 bits per heavy atom. The normalized spacial score (nSPS) is 26.3. The van der Waals surface area contributed by atoms with Crippen molar-refractivity contribution < 1.29 is 19.8 Å². The highest BCUT2D eigenvalue weighted by molar-refractivity contribution is 5.83. The minimum Gasteiger partial charge on any atom is -0.480 e. The van der Waals surface area contributed by atoms with Crippen LogP contribution >= 0.6 is 0 Å². The maximum absolute atomic E-state index is 11.3. The Labute approximate surface area is 81.5 Å². The molecule has 6 heteroatoms. The first-order valence-corrected chi connectivity index (χ1v) is 4.51. The topological polar surface area (TPSA) is 89.9 Å². The molecule has 6 nitrogen and oxygen atoms in total. The number of β-amino-alcohol motifs (C(OH)–C–C–N with tert-alkyl or cyclic N) is 1. The van der Waals surface area contributed by atoms with Crippen LogP contribution in [0.1, 0.15) is 13.3 Å². The second kappa shape index (κ2) is 4.28. The summed E-state index contributed by atoms with van der Waals surface area (Å²) in [5, 5.41) is 20.5. The summed E-state index contributed by atoms with van der Waals surface area (Å²) < 4.78 is 0. The fourth-order valence-electron chi connectivity index (χ4n) is 1.53. The number of aliphatic carboxylic acids is 1. The minimum atomic E-state index is -1.08. The first-order chi connectivity index (χ1) is 6.56. The van der Waals surface area contributed by atoms with Gasteiger partial charge in [-0.15, -0.1) is 0 Å². The highest BCUT2D eigenvalue weighted by Crippen LogP contribution is 2.17. The molecule has 3 N–H and O–H groups in total. The molecule has 1 unspecified atom stereocenters. The summed E-state index contributed by atoms with van der Waals surface area (Å²) in [6.45, 7) is 2.28. The lowest BCUT2D eigenvalue weighted by atomic mass is 10.2. The zero-order chi connectivity index (χ0) is 10.7. The molecule has 0 aromatic heterocycles. The number of carboxylic acids is 1. The lowest BCUT2D eigenvalue weighted by Gasteiger charge is -2.20. The van der Waals surface area contributed by atoms with E-state index < -0.39 is 24.1 Å². The number of hydrogen-bond donors (Lipinski definition) is 3. The SMILES string of the molecule is CCNC(=O)N1CC(O)C[C@H]1C(=O)O. The van der Waals surface area contributed by atoms with Crippen LogP contribution in [0.4, 0.5) is 4.79 Å². The second-order valence-corrected chi connectivity index (χ2v) is 3.23. The van der Waals surface area contributed by atoms with E-state index in [-0.39, 0.29) is 13.0 Å². The molecule has 0 spiro atoms. The van der Waals surface area contributed by atoms with Gasteiger partial charge in [-0.05, 0) is 6.92 Å². The fraction of sp³-hybridized carbons (Fsp3) is 0.750. The van der Waals surface area contributed by atoms with Crippen LogP contribution in [0, 0.1) is 0 Å². The van der Waals surface area contributed by atoms with Gasteiger partial charge in [0.2, 0.25) is 0 Å². The summed E-state index contributed by atoms with van der Waals surface area (Å²) in [4.78, 5) is 23.2. The number of likely N-dealkylation sites (tertiary alicyclic amines) is 1. The second-order valence-electron chi connectivity index (χ2n) is 3.23. The number of urea groups is 1. The number of carbonyl (C=O) groups excluding carboxylic acids is 1. The summed E-state index contributed by atoms with van der Waals surface area (Å²) in [6, 6.07) is -1.34. The van der Waals surface area contributed by atoms with E-state index in [1.165, 1.54) is 0 Å². The third kappa shape index (κ3) is 2.14. The van der Waals surface area contributed by atoms with E-state index in [9.17, 15) is 14.7 Å². The van der Waals surface area contributed by atoms with Crippen molar-refractivity contribution in [2.24, 2.45) is 0 Å². The van der Waals surface area contributed by atoms with Gasteiger partial charge >= 0.3 is 12.0 Å². The van der Waals surface area contributed by atoms with Gasteiger partial charge in [-0.3, -0.25) is 0 Å². The highest BCUT2D eigenvalue weighted by Gasteiger charge is 2.38. The molecule has 1 aliphatic rings. The number of aliphatic hydroxyl groups is 1. The molecule has 1 aliphatic heterocycles. The molecule has 0 aromatic rings. The zero-order valence-corrected chi connectivity index (χ0v) is 7.93. The maximum atomic E-state index is 11.3. The number of carbonyl (C=O) groups is 2. The summed E-state index contributed by atoms with van der Waals surface area (Å²) in [7, 11) is 0. The Balaban J connectivity index is 2.66. The monoisotopic (exact) mass is 202 g/mol. The maximum Gasteiger partial charge on any atom is 0.326 e. The number of amides is 2. The van der Waals surface area contributed by atoms with Crippen molar-refractivity contribution in [1.82, 2.24) is 10.2 Å². The molecule has 0 aromatic carbocycles. The van der Waals surface area contributed by atoms with Gasteiger partial charge in [0.25, 0.3) is 0 Å². The molecule has 0 saturated carbocycles. The number of aliphatic hydroxyl groups excluding tert-OH is 1. The van der Waals surface area contributed by atoms with E-state index in [2.05, 4.69) is 5.32 Å². The van der Waals surface area contributed by atoms with Gasteiger partial charge in [-0.2, -0.15) is 0 Å². The van der Waals surface area contributed by atoms with E-state index in [1.807, 2.05) is 0 Å². The van der Waals surface area contributed by atoms with Crippen molar-refractivity contribution in [3.63, 3.8) is 0 Å². The molecule has 80 valence electrons. The molecule has 1 heterocycles. The molecular weight excluding hydrogens is 188 g/mol. The van der Waals surface area contributed by atoms with Crippen LogP contribution in [-0.2, 0) is 4.79 Å². The molecular formula is C8H14N2O4. The van der Waals surface area contributed by atoms with Gasteiger partial charge in [0.15, 0.2) is 0 Å². The molecule has 1 rings (SSSR count). The smallest absolute Gasteiger partial charge is 0.326 e. The number of hydrogen-bond acceptors (Lipinski definition) is 3. The number of rotatable bonds is 2. The third-order valence-corrected chi connectivity index (χ3v) is 2.15. The van der Waals surface area contributed by atoms with E-state index in [4.69, 9.17) is 5.11 Å². The molecule has 0 bridgehead atoms. The van der Waals surface area contributed by atoms with Crippen molar-refractivity contribution >= 4 is 12.0 Å². The Bertz CT molecular complexity index is 243. The molecule has 0 radical (unpaired) electrons. The van der Waals surface area contributed by atoms with Gasteiger partial charge in [-0.1, -0.05) is 0 Å². The van der Waals surface area contributed by atoms with Crippen molar-refractivity contribution in [3.05, 3.63) is 0 Å². The van der Waals surface area contributed by atoms with Crippen LogP contribution in [0.25, 0.3) is 0 Å². The third-order valence-electron chi connectivity index (χ3n) is 2.15. The largest absolute Gasteiger partial charge is 0.480 e. The van der Waals surface area contributed by atoms with E-state index >= 15 is 0 Å².